The molecule has 0 atom stereocenters. The van der Waals surface area contributed by atoms with Gasteiger partial charge in [0.2, 0.25) is 0 Å². The molecule has 84 valence electrons. The first-order valence-electron chi connectivity index (χ1n) is 4.38. The zero-order chi connectivity index (χ0) is 10.8. The number of pyridine rings is 1. The van der Waals surface area contributed by atoms with Crippen molar-refractivity contribution in [3.05, 3.63) is 36.0 Å². The number of aromatic carboxylic acids is 1. The van der Waals surface area contributed by atoms with Gasteiger partial charge in [0.05, 0.1) is 18.2 Å². The van der Waals surface area contributed by atoms with Crippen molar-refractivity contribution in [3.63, 3.8) is 0 Å². The zero-order valence-corrected chi connectivity index (χ0v) is 9.56. The van der Waals surface area contributed by atoms with Crippen molar-refractivity contribution in [1.29, 1.82) is 0 Å². The molecule has 0 radical (unpaired) electrons. The summed E-state index contributed by atoms with van der Waals surface area (Å²) in [5.41, 5.74) is 0.884. The Labute approximate surface area is 103 Å². The number of carboxylic acid groups (broad SMARTS) is 1. The van der Waals surface area contributed by atoms with E-state index in [1.807, 2.05) is 0 Å². The Balaban J connectivity index is 0.00000128. The van der Waals surface area contributed by atoms with Gasteiger partial charge in [-0.2, -0.15) is 0 Å². The van der Waals surface area contributed by atoms with Gasteiger partial charge in [-0.25, -0.2) is 4.79 Å². The summed E-state index contributed by atoms with van der Waals surface area (Å²) in [6, 6.07) is 6.64. The molecule has 1 N–H and O–H groups in total. The summed E-state index contributed by atoms with van der Waals surface area (Å²) < 4.78 is 5.04. The van der Waals surface area contributed by atoms with E-state index in [0.717, 1.165) is 0 Å². The molecule has 0 bridgehead atoms. The van der Waals surface area contributed by atoms with E-state index in [2.05, 4.69) is 4.98 Å². The minimum Gasteiger partial charge on any atom is -0.497 e. The van der Waals surface area contributed by atoms with Crippen LogP contribution in [0.1, 0.15) is 10.4 Å². The van der Waals surface area contributed by atoms with Gasteiger partial charge in [0.25, 0.3) is 0 Å². The molecule has 2 rings (SSSR count). The maximum atomic E-state index is 10.9. The summed E-state index contributed by atoms with van der Waals surface area (Å²) in [5, 5.41) is 9.57. The molecule has 1 aromatic carbocycles. The standard InChI is InChI=1S/C11H9NO3.Fe/c1-15-7-2-3-10-9(6-7)8(11(13)14)4-5-12-10;/h2-6H,1H3,(H,13,14);. The van der Waals surface area contributed by atoms with Crippen molar-refractivity contribution >= 4 is 16.9 Å². The van der Waals surface area contributed by atoms with Crippen LogP contribution in [-0.2, 0) is 17.1 Å². The monoisotopic (exact) mass is 259 g/mol. The summed E-state index contributed by atoms with van der Waals surface area (Å²) in [7, 11) is 1.54. The van der Waals surface area contributed by atoms with E-state index in [-0.39, 0.29) is 22.6 Å². The second kappa shape index (κ2) is 4.96. The summed E-state index contributed by atoms with van der Waals surface area (Å²) in [6.45, 7) is 0. The van der Waals surface area contributed by atoms with Gasteiger partial charge in [-0.1, -0.05) is 0 Å². The summed E-state index contributed by atoms with van der Waals surface area (Å²) in [6.07, 6.45) is 1.48. The first-order chi connectivity index (χ1) is 7.22. The molecular weight excluding hydrogens is 250 g/mol. The van der Waals surface area contributed by atoms with Gasteiger partial charge in [-0.3, -0.25) is 4.98 Å². The van der Waals surface area contributed by atoms with E-state index >= 15 is 0 Å². The number of rotatable bonds is 2. The molecule has 0 fully saturated rings. The van der Waals surface area contributed by atoms with Crippen LogP contribution in [0, 0.1) is 0 Å². The minimum absolute atomic E-state index is 0. The molecule has 0 saturated heterocycles. The average Bonchev–Trinajstić information content (AvgIpc) is 2.27. The fourth-order valence-corrected chi connectivity index (χ4v) is 1.44. The second-order valence-electron chi connectivity index (χ2n) is 3.05. The van der Waals surface area contributed by atoms with Crippen LogP contribution in [-0.4, -0.2) is 23.2 Å². The van der Waals surface area contributed by atoms with E-state index in [4.69, 9.17) is 9.84 Å². The third-order valence-corrected chi connectivity index (χ3v) is 2.18. The van der Waals surface area contributed by atoms with Crippen molar-refractivity contribution in [2.24, 2.45) is 0 Å². The Morgan fingerprint density at radius 2 is 2.12 bits per heavy atom. The van der Waals surface area contributed by atoms with E-state index in [0.29, 0.717) is 16.7 Å². The molecule has 0 saturated carbocycles. The van der Waals surface area contributed by atoms with E-state index in [9.17, 15) is 4.79 Å². The van der Waals surface area contributed by atoms with E-state index in [1.54, 1.807) is 18.2 Å². The number of carbonyl (C=O) groups is 1. The fourth-order valence-electron chi connectivity index (χ4n) is 1.44. The molecule has 1 heterocycles. The van der Waals surface area contributed by atoms with Crippen LogP contribution in [0.25, 0.3) is 10.9 Å². The van der Waals surface area contributed by atoms with Crippen molar-refractivity contribution in [1.82, 2.24) is 4.98 Å². The van der Waals surface area contributed by atoms with Crippen molar-refractivity contribution in [3.8, 4) is 5.75 Å². The molecule has 0 aliphatic rings. The third kappa shape index (κ3) is 2.15. The maximum absolute atomic E-state index is 10.9. The molecule has 0 unspecified atom stereocenters. The molecule has 4 nitrogen and oxygen atoms in total. The number of hydrogen-bond acceptors (Lipinski definition) is 3. The number of ether oxygens (including phenoxy) is 1. The molecule has 5 heteroatoms. The number of carboxylic acids is 1. The first-order valence-corrected chi connectivity index (χ1v) is 4.38. The van der Waals surface area contributed by atoms with Gasteiger partial charge >= 0.3 is 5.97 Å². The Morgan fingerprint density at radius 3 is 2.75 bits per heavy atom. The molecule has 0 amide bonds. The SMILES string of the molecule is COc1ccc2nccc(C(=O)O)c2c1.[Fe]. The maximum Gasteiger partial charge on any atom is 0.336 e. The number of nitrogens with zero attached hydrogens (tertiary/aromatic N) is 1. The van der Waals surface area contributed by atoms with Crippen molar-refractivity contribution < 1.29 is 31.7 Å². The zero-order valence-electron chi connectivity index (χ0n) is 8.45. The number of hydrogen-bond donors (Lipinski definition) is 1. The molecule has 0 aliphatic carbocycles. The van der Waals surface area contributed by atoms with E-state index in [1.165, 1.54) is 19.4 Å². The predicted molar refractivity (Wildman–Crippen MR) is 55.3 cm³/mol. The van der Waals surface area contributed by atoms with Gasteiger partial charge in [0.15, 0.2) is 0 Å². The number of fused-ring (bicyclic) bond motifs is 1. The van der Waals surface area contributed by atoms with Crippen molar-refractivity contribution in [2.75, 3.05) is 7.11 Å². The Hall–Kier alpha value is -1.58. The van der Waals surface area contributed by atoms with Gasteiger partial charge in [0, 0.05) is 28.7 Å². The van der Waals surface area contributed by atoms with Gasteiger partial charge < -0.3 is 9.84 Å². The van der Waals surface area contributed by atoms with Gasteiger partial charge in [-0.15, -0.1) is 0 Å². The molecule has 0 spiro atoms. The van der Waals surface area contributed by atoms with Gasteiger partial charge in [-0.05, 0) is 24.3 Å². The Bertz CT molecular complexity index is 528. The Morgan fingerprint density at radius 1 is 1.38 bits per heavy atom. The molecule has 0 aliphatic heterocycles. The van der Waals surface area contributed by atoms with Gasteiger partial charge in [0.1, 0.15) is 5.75 Å². The summed E-state index contributed by atoms with van der Waals surface area (Å²) >= 11 is 0. The number of benzene rings is 1. The smallest absolute Gasteiger partial charge is 0.336 e. The number of methoxy groups -OCH3 is 1. The fraction of sp³-hybridized carbons (Fsp3) is 0.0909. The quantitative estimate of drug-likeness (QED) is 0.837. The normalized spacial score (nSPS) is 9.56. The van der Waals surface area contributed by atoms with Crippen LogP contribution in [0.4, 0.5) is 0 Å². The summed E-state index contributed by atoms with van der Waals surface area (Å²) in [4.78, 5) is 15.0. The molecule has 16 heavy (non-hydrogen) atoms. The summed E-state index contributed by atoms with van der Waals surface area (Å²) in [5.74, 6) is -0.339. The topological polar surface area (TPSA) is 59.4 Å². The molecular formula is C11H9FeNO3. The van der Waals surface area contributed by atoms with Crippen molar-refractivity contribution in [2.45, 2.75) is 0 Å². The minimum atomic E-state index is -0.962. The third-order valence-electron chi connectivity index (χ3n) is 2.18. The molecule has 1 aromatic heterocycles. The van der Waals surface area contributed by atoms with Crippen LogP contribution in [0.3, 0.4) is 0 Å². The van der Waals surface area contributed by atoms with Crippen LogP contribution in [0.2, 0.25) is 0 Å². The second-order valence-corrected chi connectivity index (χ2v) is 3.05. The van der Waals surface area contributed by atoms with Crippen LogP contribution in [0.15, 0.2) is 30.5 Å². The van der Waals surface area contributed by atoms with Crippen LogP contribution < -0.4 is 4.74 Å². The van der Waals surface area contributed by atoms with Crippen LogP contribution >= 0.6 is 0 Å². The van der Waals surface area contributed by atoms with E-state index < -0.39 is 5.97 Å². The Kier molecular flexibility index (Phi) is 3.87. The first kappa shape index (κ1) is 12.5. The largest absolute Gasteiger partial charge is 0.497 e. The predicted octanol–water partition coefficient (Wildman–Crippen LogP) is 1.94. The molecule has 2 aromatic rings. The number of aromatic nitrogens is 1. The average molecular weight is 259 g/mol. The van der Waals surface area contributed by atoms with Crippen LogP contribution in [0.5, 0.6) is 5.75 Å².